The number of hydrogen-bond acceptors (Lipinski definition) is 6. The van der Waals surface area contributed by atoms with E-state index < -0.39 is 6.10 Å². The van der Waals surface area contributed by atoms with Crippen molar-refractivity contribution >= 4 is 17.9 Å². The van der Waals surface area contributed by atoms with Crippen molar-refractivity contribution in [2.24, 2.45) is 0 Å². The first-order chi connectivity index (χ1) is 37.5. The average Bonchev–Trinajstić information content (AvgIpc) is 3.42. The van der Waals surface area contributed by atoms with E-state index in [2.05, 4.69) is 142 Å². The molecule has 0 amide bonds. The number of rotatable bonds is 56. The van der Waals surface area contributed by atoms with Crippen LogP contribution in [0.4, 0.5) is 0 Å². The number of allylic oxidation sites excluding steroid dienone is 20. The van der Waals surface area contributed by atoms with Gasteiger partial charge in [0.15, 0.2) is 6.10 Å². The van der Waals surface area contributed by atoms with Crippen molar-refractivity contribution in [3.8, 4) is 0 Å². The molecule has 6 heteroatoms. The summed E-state index contributed by atoms with van der Waals surface area (Å²) in [4.78, 5) is 38.1. The second-order valence-corrected chi connectivity index (χ2v) is 20.6. The SMILES string of the molecule is CC/C=C\C/C=C\C/C=C\C/C=C\C/C=C\C/C=C\CCCCCCC(=O)OC(COC(=O)CCCCCCCCCC)COC(=O)CCCCCCCCCCCCCCCC/C=C\C/C=C\C/C=C\C/C=C\CC. The molecule has 0 aliphatic carbocycles. The van der Waals surface area contributed by atoms with Crippen molar-refractivity contribution in [3.05, 3.63) is 122 Å². The molecule has 6 nitrogen and oxygen atoms in total. The minimum atomic E-state index is -0.792. The highest BCUT2D eigenvalue weighted by Gasteiger charge is 2.19. The first-order valence-electron chi connectivity index (χ1n) is 31.5. The van der Waals surface area contributed by atoms with Gasteiger partial charge < -0.3 is 14.2 Å². The predicted molar refractivity (Wildman–Crippen MR) is 330 cm³/mol. The van der Waals surface area contributed by atoms with Crippen molar-refractivity contribution in [3.63, 3.8) is 0 Å². The van der Waals surface area contributed by atoms with Crippen LogP contribution in [0.3, 0.4) is 0 Å². The number of esters is 3. The molecule has 0 rings (SSSR count). The maximum Gasteiger partial charge on any atom is 0.306 e. The van der Waals surface area contributed by atoms with Crippen molar-refractivity contribution in [2.75, 3.05) is 13.2 Å². The fourth-order valence-electron chi connectivity index (χ4n) is 8.56. The number of ether oxygens (including phenoxy) is 3. The summed E-state index contributed by atoms with van der Waals surface area (Å²) in [5.74, 6) is -0.915. The van der Waals surface area contributed by atoms with Gasteiger partial charge in [0.1, 0.15) is 13.2 Å². The second kappa shape index (κ2) is 63.3. The quantitative estimate of drug-likeness (QED) is 0.0261. The lowest BCUT2D eigenvalue weighted by Gasteiger charge is -2.18. The van der Waals surface area contributed by atoms with Crippen LogP contribution in [-0.2, 0) is 28.6 Å². The Hall–Kier alpha value is -4.19. The van der Waals surface area contributed by atoms with Gasteiger partial charge in [-0.25, -0.2) is 0 Å². The second-order valence-electron chi connectivity index (χ2n) is 20.6. The fraction of sp³-hybridized carbons (Fsp3) is 0.671. The average molecular weight is 1050 g/mol. The van der Waals surface area contributed by atoms with Gasteiger partial charge in [0, 0.05) is 19.3 Å². The molecule has 0 aliphatic heterocycles. The molecule has 0 radical (unpaired) electrons. The Kier molecular flexibility index (Phi) is 59.9. The monoisotopic (exact) mass is 1050 g/mol. The molecule has 0 bridgehead atoms. The lowest BCUT2D eigenvalue weighted by Crippen LogP contribution is -2.30. The highest BCUT2D eigenvalue weighted by molar-refractivity contribution is 5.71. The van der Waals surface area contributed by atoms with E-state index in [1.165, 1.54) is 109 Å². The Morgan fingerprint density at radius 2 is 0.513 bits per heavy atom. The van der Waals surface area contributed by atoms with Gasteiger partial charge in [-0.15, -0.1) is 0 Å². The van der Waals surface area contributed by atoms with Crippen molar-refractivity contribution in [1.29, 1.82) is 0 Å². The number of carbonyl (C=O) groups is 3. The summed E-state index contributed by atoms with van der Waals surface area (Å²) in [5.41, 5.74) is 0. The first kappa shape index (κ1) is 71.8. The van der Waals surface area contributed by atoms with Crippen LogP contribution in [0.5, 0.6) is 0 Å². The van der Waals surface area contributed by atoms with Crippen LogP contribution in [0.2, 0.25) is 0 Å². The van der Waals surface area contributed by atoms with Crippen LogP contribution in [0.25, 0.3) is 0 Å². The number of unbranched alkanes of at least 4 members (excludes halogenated alkanes) is 25. The van der Waals surface area contributed by atoms with Gasteiger partial charge in [0.2, 0.25) is 0 Å². The largest absolute Gasteiger partial charge is 0.462 e. The van der Waals surface area contributed by atoms with Crippen LogP contribution in [0.15, 0.2) is 122 Å². The first-order valence-corrected chi connectivity index (χ1v) is 31.5. The lowest BCUT2D eigenvalue weighted by atomic mass is 10.0. The summed E-state index contributed by atoms with van der Waals surface area (Å²) in [5, 5.41) is 0. The molecule has 0 aromatic carbocycles. The molecule has 76 heavy (non-hydrogen) atoms. The molecule has 432 valence electrons. The Balaban J connectivity index is 4.23. The third-order valence-corrected chi connectivity index (χ3v) is 13.2. The molecule has 0 aromatic rings. The van der Waals surface area contributed by atoms with E-state index in [0.29, 0.717) is 19.3 Å². The van der Waals surface area contributed by atoms with E-state index in [1.807, 2.05) is 0 Å². The van der Waals surface area contributed by atoms with Gasteiger partial charge in [-0.05, 0) is 109 Å². The van der Waals surface area contributed by atoms with Crippen molar-refractivity contribution in [2.45, 2.75) is 290 Å². The molecule has 0 N–H and O–H groups in total. The zero-order chi connectivity index (χ0) is 55.0. The van der Waals surface area contributed by atoms with E-state index in [4.69, 9.17) is 14.2 Å². The third-order valence-electron chi connectivity index (χ3n) is 13.2. The standard InChI is InChI=1S/C70H116O6/c1-4-7-10-13-16-19-21-23-25-27-29-31-33-34-35-36-38-39-41-43-45-47-49-51-54-57-60-63-69(72)75-66-67(65-74-68(71)62-59-56-53-18-15-12-9-6-3)76-70(73)64-61-58-55-52-50-48-46-44-42-40-37-32-30-28-26-24-22-20-17-14-11-8-5-2/h7-8,10-11,16-17,19-20,23-26,29-32,40,42,46,48,67H,4-6,9,12-15,18,21-22,27-28,33-39,41,43-45,47,49-66H2,1-3H3/b10-7-,11-8-,19-16-,20-17-,25-23-,26-24-,31-29-,32-30-,42-40-,48-46-. The van der Waals surface area contributed by atoms with E-state index in [-0.39, 0.29) is 31.1 Å². The van der Waals surface area contributed by atoms with E-state index in [9.17, 15) is 14.4 Å². The van der Waals surface area contributed by atoms with Gasteiger partial charge in [-0.2, -0.15) is 0 Å². The molecule has 0 saturated heterocycles. The van der Waals surface area contributed by atoms with Gasteiger partial charge in [-0.3, -0.25) is 14.4 Å². The van der Waals surface area contributed by atoms with Gasteiger partial charge in [0.05, 0.1) is 0 Å². The molecule has 0 heterocycles. The van der Waals surface area contributed by atoms with Gasteiger partial charge >= 0.3 is 17.9 Å². The summed E-state index contributed by atoms with van der Waals surface area (Å²) in [6.07, 6.45) is 87.9. The molecule has 1 atom stereocenters. The molecule has 0 fully saturated rings. The van der Waals surface area contributed by atoms with Crippen LogP contribution >= 0.6 is 0 Å². The Morgan fingerprint density at radius 3 is 0.803 bits per heavy atom. The maximum absolute atomic E-state index is 12.9. The van der Waals surface area contributed by atoms with E-state index in [1.54, 1.807) is 0 Å². The Labute approximate surface area is 469 Å². The fourth-order valence-corrected chi connectivity index (χ4v) is 8.56. The summed E-state index contributed by atoms with van der Waals surface area (Å²) < 4.78 is 16.8. The normalized spacial score (nSPS) is 12.9. The van der Waals surface area contributed by atoms with Crippen LogP contribution < -0.4 is 0 Å². The summed E-state index contributed by atoms with van der Waals surface area (Å²) in [6, 6.07) is 0. The third kappa shape index (κ3) is 60.7. The van der Waals surface area contributed by atoms with E-state index >= 15 is 0 Å². The summed E-state index contributed by atoms with van der Waals surface area (Å²) in [6.45, 7) is 6.37. The highest BCUT2D eigenvalue weighted by Crippen LogP contribution is 2.16. The molecule has 1 unspecified atom stereocenters. The summed E-state index contributed by atoms with van der Waals surface area (Å²) >= 11 is 0. The minimum Gasteiger partial charge on any atom is -0.462 e. The highest BCUT2D eigenvalue weighted by atomic mass is 16.6. The van der Waals surface area contributed by atoms with Gasteiger partial charge in [0.25, 0.3) is 0 Å². The van der Waals surface area contributed by atoms with E-state index in [0.717, 1.165) is 135 Å². The zero-order valence-electron chi connectivity index (χ0n) is 49.5. The lowest BCUT2D eigenvalue weighted by molar-refractivity contribution is -0.167. The van der Waals surface area contributed by atoms with Crippen molar-refractivity contribution in [1.82, 2.24) is 0 Å². The smallest absolute Gasteiger partial charge is 0.306 e. The van der Waals surface area contributed by atoms with Gasteiger partial charge in [-0.1, -0.05) is 277 Å². The zero-order valence-corrected chi connectivity index (χ0v) is 49.5. The minimum absolute atomic E-state index is 0.0887. The van der Waals surface area contributed by atoms with Crippen molar-refractivity contribution < 1.29 is 28.6 Å². The Bertz CT molecular complexity index is 1590. The van der Waals surface area contributed by atoms with Crippen LogP contribution in [-0.4, -0.2) is 37.2 Å². The Morgan fingerprint density at radius 1 is 0.276 bits per heavy atom. The molecular formula is C70H116O6. The summed E-state index contributed by atoms with van der Waals surface area (Å²) in [7, 11) is 0. The molecular weight excluding hydrogens is 937 g/mol. The number of carbonyl (C=O) groups excluding carboxylic acids is 3. The predicted octanol–water partition coefficient (Wildman–Crippen LogP) is 21.6. The van der Waals surface area contributed by atoms with Crippen LogP contribution in [0.1, 0.15) is 284 Å². The molecule has 0 aliphatic rings. The maximum atomic E-state index is 12.9. The molecule has 0 aromatic heterocycles. The van der Waals surface area contributed by atoms with Crippen LogP contribution in [0, 0.1) is 0 Å². The number of hydrogen-bond donors (Lipinski definition) is 0. The topological polar surface area (TPSA) is 78.9 Å². The molecule has 0 spiro atoms. The molecule has 0 saturated carbocycles.